The minimum atomic E-state index is 0.556. The maximum atomic E-state index is 4.57. The number of hydrogen-bond donors (Lipinski definition) is 1. The van der Waals surface area contributed by atoms with Crippen LogP contribution in [0.15, 0.2) is 6.20 Å². The number of piperidine rings is 1. The van der Waals surface area contributed by atoms with E-state index in [0.717, 1.165) is 13.1 Å². The molecule has 4 heteroatoms. The molecule has 1 aliphatic heterocycles. The Morgan fingerprint density at radius 3 is 2.72 bits per heavy atom. The van der Waals surface area contributed by atoms with Crippen LogP contribution in [0.2, 0.25) is 0 Å². The molecule has 0 radical (unpaired) electrons. The third-order valence-electron chi connectivity index (χ3n) is 4.19. The molecule has 1 aliphatic rings. The zero-order valence-electron chi connectivity index (χ0n) is 11.8. The van der Waals surface area contributed by atoms with E-state index >= 15 is 0 Å². The number of aromatic nitrogens is 1. The van der Waals surface area contributed by atoms with Crippen molar-refractivity contribution in [1.29, 1.82) is 0 Å². The average molecular weight is 267 g/mol. The highest BCUT2D eigenvalue weighted by Crippen LogP contribution is 2.36. The average Bonchev–Trinajstić information content (AvgIpc) is 2.86. The molecule has 1 N–H and O–H groups in total. The number of thiazole rings is 1. The van der Waals surface area contributed by atoms with Gasteiger partial charge in [-0.25, -0.2) is 4.98 Å². The van der Waals surface area contributed by atoms with Gasteiger partial charge in [-0.05, 0) is 24.8 Å². The Morgan fingerprint density at radius 2 is 2.11 bits per heavy atom. The minimum Gasteiger partial charge on any atom is -0.348 e. The van der Waals surface area contributed by atoms with Gasteiger partial charge in [0, 0.05) is 30.7 Å². The summed E-state index contributed by atoms with van der Waals surface area (Å²) in [7, 11) is 0. The standard InChI is InChI=1S/C14H25N3S/c1-4-14(3)6-8-17(9-7-14)13-16-11-12(18-13)10-15-5-2/h11,15H,4-10H2,1-3H3. The lowest BCUT2D eigenvalue weighted by atomic mass is 9.78. The van der Waals surface area contributed by atoms with Crippen LogP contribution in [0.4, 0.5) is 5.13 Å². The molecular formula is C14H25N3S. The Kier molecular flexibility index (Phi) is 4.62. The van der Waals surface area contributed by atoms with Gasteiger partial charge in [0.25, 0.3) is 0 Å². The van der Waals surface area contributed by atoms with E-state index in [2.05, 4.69) is 36.0 Å². The highest BCUT2D eigenvalue weighted by atomic mass is 32.1. The van der Waals surface area contributed by atoms with E-state index in [9.17, 15) is 0 Å². The maximum absolute atomic E-state index is 4.57. The lowest BCUT2D eigenvalue weighted by Gasteiger charge is -2.38. The largest absolute Gasteiger partial charge is 0.348 e. The number of nitrogens with one attached hydrogen (secondary N) is 1. The lowest BCUT2D eigenvalue weighted by Crippen LogP contribution is -2.38. The summed E-state index contributed by atoms with van der Waals surface area (Å²) in [6.07, 6.45) is 5.91. The fourth-order valence-corrected chi connectivity index (χ4v) is 3.30. The molecule has 3 nitrogen and oxygen atoms in total. The van der Waals surface area contributed by atoms with Gasteiger partial charge in [-0.1, -0.05) is 27.2 Å². The van der Waals surface area contributed by atoms with Crippen molar-refractivity contribution < 1.29 is 0 Å². The Morgan fingerprint density at radius 1 is 1.39 bits per heavy atom. The molecule has 1 aromatic rings. The topological polar surface area (TPSA) is 28.2 Å². The highest BCUT2D eigenvalue weighted by molar-refractivity contribution is 7.15. The van der Waals surface area contributed by atoms with Crippen LogP contribution in [0.3, 0.4) is 0 Å². The second kappa shape index (κ2) is 6.02. The van der Waals surface area contributed by atoms with Crippen LogP contribution in [-0.4, -0.2) is 24.6 Å². The Hall–Kier alpha value is -0.610. The van der Waals surface area contributed by atoms with E-state index in [1.807, 2.05) is 17.5 Å². The fraction of sp³-hybridized carbons (Fsp3) is 0.786. The number of rotatable bonds is 5. The fourth-order valence-electron chi connectivity index (χ4n) is 2.36. The predicted octanol–water partition coefficient (Wildman–Crippen LogP) is 3.27. The van der Waals surface area contributed by atoms with Gasteiger partial charge in [0.2, 0.25) is 0 Å². The molecule has 1 saturated heterocycles. The Balaban J connectivity index is 1.91. The summed E-state index contributed by atoms with van der Waals surface area (Å²) < 4.78 is 0. The van der Waals surface area contributed by atoms with Gasteiger partial charge in [0.05, 0.1) is 0 Å². The lowest BCUT2D eigenvalue weighted by molar-refractivity contribution is 0.238. The molecule has 0 bridgehead atoms. The molecule has 0 unspecified atom stereocenters. The molecule has 0 atom stereocenters. The van der Waals surface area contributed by atoms with Crippen molar-refractivity contribution in [2.24, 2.45) is 5.41 Å². The minimum absolute atomic E-state index is 0.556. The van der Waals surface area contributed by atoms with Crippen LogP contribution >= 0.6 is 11.3 Å². The molecule has 102 valence electrons. The molecule has 0 spiro atoms. The predicted molar refractivity (Wildman–Crippen MR) is 79.3 cm³/mol. The monoisotopic (exact) mass is 267 g/mol. The molecule has 18 heavy (non-hydrogen) atoms. The molecule has 0 aromatic carbocycles. The van der Waals surface area contributed by atoms with Crippen LogP contribution in [0, 0.1) is 5.41 Å². The summed E-state index contributed by atoms with van der Waals surface area (Å²) in [5.74, 6) is 0. The van der Waals surface area contributed by atoms with Crippen molar-refractivity contribution in [3.8, 4) is 0 Å². The van der Waals surface area contributed by atoms with Crippen LogP contribution in [0.25, 0.3) is 0 Å². The van der Waals surface area contributed by atoms with Crippen molar-refractivity contribution in [3.63, 3.8) is 0 Å². The molecule has 2 rings (SSSR count). The van der Waals surface area contributed by atoms with E-state index in [4.69, 9.17) is 0 Å². The Labute approximate surface area is 115 Å². The first-order valence-corrected chi connectivity index (χ1v) is 7.89. The summed E-state index contributed by atoms with van der Waals surface area (Å²) in [5.41, 5.74) is 0.556. The molecule has 0 saturated carbocycles. The molecule has 0 aliphatic carbocycles. The second-order valence-electron chi connectivity index (χ2n) is 5.54. The molecule has 2 heterocycles. The smallest absolute Gasteiger partial charge is 0.185 e. The van der Waals surface area contributed by atoms with Crippen LogP contribution in [0.1, 0.15) is 44.9 Å². The number of anilines is 1. The normalized spacial score (nSPS) is 19.2. The van der Waals surface area contributed by atoms with Gasteiger partial charge in [0.15, 0.2) is 5.13 Å². The second-order valence-corrected chi connectivity index (χ2v) is 6.63. The molecule has 1 aromatic heterocycles. The van der Waals surface area contributed by atoms with Crippen LogP contribution in [0.5, 0.6) is 0 Å². The molecular weight excluding hydrogens is 242 g/mol. The zero-order valence-corrected chi connectivity index (χ0v) is 12.6. The van der Waals surface area contributed by atoms with Crippen LogP contribution in [-0.2, 0) is 6.54 Å². The van der Waals surface area contributed by atoms with Gasteiger partial charge in [-0.2, -0.15) is 0 Å². The zero-order chi connectivity index (χ0) is 13.0. The molecule has 1 fully saturated rings. The number of hydrogen-bond acceptors (Lipinski definition) is 4. The van der Waals surface area contributed by atoms with Gasteiger partial charge in [-0.3, -0.25) is 0 Å². The van der Waals surface area contributed by atoms with Crippen molar-refractivity contribution >= 4 is 16.5 Å². The summed E-state index contributed by atoms with van der Waals surface area (Å²) in [6.45, 7) is 11.2. The van der Waals surface area contributed by atoms with Crippen molar-refractivity contribution in [2.75, 3.05) is 24.5 Å². The first kappa shape index (κ1) is 13.8. The molecule has 0 amide bonds. The van der Waals surface area contributed by atoms with Gasteiger partial charge in [0.1, 0.15) is 0 Å². The van der Waals surface area contributed by atoms with Crippen molar-refractivity contribution in [2.45, 2.75) is 46.6 Å². The Bertz CT molecular complexity index is 367. The summed E-state index contributed by atoms with van der Waals surface area (Å²) in [5, 5.41) is 4.56. The first-order valence-electron chi connectivity index (χ1n) is 7.07. The van der Waals surface area contributed by atoms with Gasteiger partial charge < -0.3 is 10.2 Å². The van der Waals surface area contributed by atoms with E-state index in [-0.39, 0.29) is 0 Å². The highest BCUT2D eigenvalue weighted by Gasteiger charge is 2.29. The van der Waals surface area contributed by atoms with Crippen LogP contribution < -0.4 is 10.2 Å². The summed E-state index contributed by atoms with van der Waals surface area (Å²) in [6, 6.07) is 0. The van der Waals surface area contributed by atoms with Crippen molar-refractivity contribution in [1.82, 2.24) is 10.3 Å². The maximum Gasteiger partial charge on any atom is 0.185 e. The SMILES string of the molecule is CCNCc1cnc(N2CCC(C)(CC)CC2)s1. The van der Waals surface area contributed by atoms with Crippen molar-refractivity contribution in [3.05, 3.63) is 11.1 Å². The summed E-state index contributed by atoms with van der Waals surface area (Å²) in [4.78, 5) is 8.37. The van der Waals surface area contributed by atoms with E-state index in [1.54, 1.807) is 0 Å². The van der Waals surface area contributed by atoms with Gasteiger partial charge in [-0.15, -0.1) is 11.3 Å². The quantitative estimate of drug-likeness (QED) is 0.887. The summed E-state index contributed by atoms with van der Waals surface area (Å²) >= 11 is 1.84. The third kappa shape index (κ3) is 3.23. The van der Waals surface area contributed by atoms with E-state index < -0.39 is 0 Å². The van der Waals surface area contributed by atoms with Gasteiger partial charge >= 0.3 is 0 Å². The first-order chi connectivity index (χ1) is 8.67. The number of nitrogens with zero attached hydrogens (tertiary/aromatic N) is 2. The van der Waals surface area contributed by atoms with E-state index in [0.29, 0.717) is 5.41 Å². The van der Waals surface area contributed by atoms with E-state index in [1.165, 1.54) is 42.4 Å². The third-order valence-corrected chi connectivity index (χ3v) is 5.24.